The summed E-state index contributed by atoms with van der Waals surface area (Å²) >= 11 is 1.31. The van der Waals surface area contributed by atoms with Crippen LogP contribution in [0.1, 0.15) is 40.5 Å². The predicted octanol–water partition coefficient (Wildman–Crippen LogP) is 6.46. The predicted molar refractivity (Wildman–Crippen MR) is 201 cm³/mol. The summed E-state index contributed by atoms with van der Waals surface area (Å²) in [7, 11) is 0. The van der Waals surface area contributed by atoms with Crippen molar-refractivity contribution >= 4 is 28.1 Å². The monoisotopic (exact) mass is 695 g/mol. The van der Waals surface area contributed by atoms with Crippen molar-refractivity contribution in [3.05, 3.63) is 226 Å². The average molecular weight is 696 g/mol. The van der Waals surface area contributed by atoms with Gasteiger partial charge < -0.3 is 16.7 Å². The van der Waals surface area contributed by atoms with E-state index in [-0.39, 0.29) is 42.4 Å². The Bertz CT molecular complexity index is 2000. The van der Waals surface area contributed by atoms with Crippen LogP contribution in [0.15, 0.2) is 193 Å². The van der Waals surface area contributed by atoms with Gasteiger partial charge in [0.05, 0.1) is 0 Å². The number of oxime groups is 1. The molecule has 1 heterocycles. The van der Waals surface area contributed by atoms with E-state index in [2.05, 4.69) is 46.9 Å². The van der Waals surface area contributed by atoms with Crippen LogP contribution in [0.25, 0.3) is 0 Å². The van der Waals surface area contributed by atoms with Crippen LogP contribution < -0.4 is 34.9 Å². The van der Waals surface area contributed by atoms with Gasteiger partial charge in [0.2, 0.25) is 11.3 Å². The van der Waals surface area contributed by atoms with E-state index in [4.69, 9.17) is 9.82 Å². The van der Waals surface area contributed by atoms with Crippen molar-refractivity contribution in [3.8, 4) is 0 Å². The van der Waals surface area contributed by atoms with Gasteiger partial charge in [-0.1, -0.05) is 187 Å². The molecule has 0 radical (unpaired) electrons. The van der Waals surface area contributed by atoms with Crippen LogP contribution in [0.5, 0.6) is 0 Å². The Labute approximate surface area is 324 Å². The Morgan fingerprint density at radius 2 is 0.922 bits per heavy atom. The molecule has 2 N–H and O–H groups in total. The van der Waals surface area contributed by atoms with Crippen molar-refractivity contribution in [1.29, 1.82) is 0 Å². The smallest absolute Gasteiger partial charge is 1.00 e. The van der Waals surface area contributed by atoms with Crippen LogP contribution in [0.2, 0.25) is 0 Å². The Morgan fingerprint density at radius 3 is 1.25 bits per heavy atom. The molecule has 0 atom stereocenters. The summed E-state index contributed by atoms with van der Waals surface area (Å²) in [6.07, 6.45) is 0. The van der Waals surface area contributed by atoms with Crippen molar-refractivity contribution in [2.45, 2.75) is 11.1 Å². The molecule has 51 heavy (non-hydrogen) atoms. The Morgan fingerprint density at radius 1 is 0.588 bits per heavy atom. The quantitative estimate of drug-likeness (QED) is 0.0664. The van der Waals surface area contributed by atoms with Crippen LogP contribution in [-0.4, -0.2) is 21.8 Å². The van der Waals surface area contributed by atoms with Crippen LogP contribution in [0.4, 0.5) is 5.13 Å². The number of nitrogens with one attached hydrogen (secondary N) is 1. The fraction of sp³-hybridized carbons (Fsp3) is 0.0465. The van der Waals surface area contributed by atoms with Crippen molar-refractivity contribution in [1.82, 2.24) is 4.98 Å². The van der Waals surface area contributed by atoms with Gasteiger partial charge in [-0.25, -0.2) is 9.78 Å². The molecule has 8 heteroatoms. The van der Waals surface area contributed by atoms with E-state index < -0.39 is 17.1 Å². The van der Waals surface area contributed by atoms with E-state index in [0.29, 0.717) is 5.13 Å². The largest absolute Gasteiger partial charge is 1.00 e. The number of aliphatic carboxylic acids is 1. The van der Waals surface area contributed by atoms with Crippen molar-refractivity contribution in [2.24, 2.45) is 5.16 Å². The molecule has 0 spiro atoms. The molecule has 0 aliphatic carbocycles. The van der Waals surface area contributed by atoms with E-state index in [9.17, 15) is 9.90 Å². The number of carbonyl (C=O) groups is 1. The standard InChI is InChI=1S/C43H33N3O3S.Na.H/c47-40(48)39(46-49-43(35-25-13-4-14-26-35,36-27-15-5-16-28-36)37-29-17-6-18-30-37)38-31-50-41(44-38)45-42(32-19-7-1-8-20-32,33-21-9-2-10-22-33)34-23-11-3-12-24-34;;/h1-31H,(H,44,45)(H,47,48);;/q;+1;-1/b46-39+;;. The first kappa shape index (κ1) is 35.5. The topological polar surface area (TPSA) is 83.8 Å². The maximum absolute atomic E-state index is 12.9. The number of thiazole rings is 1. The average Bonchev–Trinajstić information content (AvgIpc) is 3.65. The molecule has 0 saturated heterocycles. The third-order valence-electron chi connectivity index (χ3n) is 8.68. The van der Waals surface area contributed by atoms with Gasteiger partial charge in [0.25, 0.3) is 0 Å². The van der Waals surface area contributed by atoms with E-state index in [1.165, 1.54) is 11.3 Å². The van der Waals surface area contributed by atoms with E-state index >= 15 is 0 Å². The molecule has 0 fully saturated rings. The summed E-state index contributed by atoms with van der Waals surface area (Å²) in [4.78, 5) is 24.3. The fourth-order valence-corrected chi connectivity index (χ4v) is 7.12. The van der Waals surface area contributed by atoms with E-state index in [1.807, 2.05) is 146 Å². The van der Waals surface area contributed by atoms with Gasteiger partial charge in [0.1, 0.15) is 11.2 Å². The Hall–Kier alpha value is -5.31. The summed E-state index contributed by atoms with van der Waals surface area (Å²) < 4.78 is 0. The zero-order valence-electron chi connectivity index (χ0n) is 29.0. The zero-order chi connectivity index (χ0) is 34.2. The number of aromatic nitrogens is 1. The maximum atomic E-state index is 12.9. The van der Waals surface area contributed by atoms with Crippen LogP contribution in [0, 0.1) is 0 Å². The summed E-state index contributed by atoms with van der Waals surface area (Å²) in [5.41, 5.74) is 3.18. The van der Waals surface area contributed by atoms with Gasteiger partial charge >= 0.3 is 35.5 Å². The second kappa shape index (κ2) is 16.1. The number of anilines is 1. The molecular weight excluding hydrogens is 662 g/mol. The third-order valence-corrected chi connectivity index (χ3v) is 9.44. The molecule has 7 aromatic rings. The number of nitrogens with zero attached hydrogens (tertiary/aromatic N) is 2. The SMILES string of the molecule is O=C(O)/C(=N/OC(c1ccccc1)(c1ccccc1)c1ccccc1)c1csc(NC(c2ccccc2)(c2ccccc2)c2ccccc2)n1.[H-].[Na+]. The molecule has 0 aliphatic rings. The Kier molecular flexibility index (Phi) is 11.2. The molecule has 0 bridgehead atoms. The van der Waals surface area contributed by atoms with E-state index in [1.54, 1.807) is 5.38 Å². The summed E-state index contributed by atoms with van der Waals surface area (Å²) in [6.45, 7) is 0. The fourth-order valence-electron chi connectivity index (χ4n) is 6.37. The minimum absolute atomic E-state index is 0. The summed E-state index contributed by atoms with van der Waals surface area (Å²) in [6, 6.07) is 59.6. The number of hydrogen-bond acceptors (Lipinski definition) is 6. The summed E-state index contributed by atoms with van der Waals surface area (Å²) in [5.74, 6) is -1.26. The minimum Gasteiger partial charge on any atom is -1.00 e. The number of carboxylic acid groups (broad SMARTS) is 1. The number of hydrogen-bond donors (Lipinski definition) is 2. The molecule has 0 saturated carbocycles. The first-order valence-corrected chi connectivity index (χ1v) is 17.1. The second-order valence-corrected chi connectivity index (χ2v) is 12.5. The number of benzene rings is 6. The van der Waals surface area contributed by atoms with Gasteiger partial charge in [0, 0.05) is 22.1 Å². The molecule has 246 valence electrons. The van der Waals surface area contributed by atoms with Gasteiger partial charge in [0.15, 0.2) is 5.13 Å². The normalized spacial score (nSPS) is 11.6. The second-order valence-electron chi connectivity index (χ2n) is 11.6. The molecule has 0 aliphatic heterocycles. The van der Waals surface area contributed by atoms with Gasteiger partial charge in [-0.3, -0.25) is 0 Å². The molecule has 6 aromatic carbocycles. The molecule has 6 nitrogen and oxygen atoms in total. The van der Waals surface area contributed by atoms with Crippen molar-refractivity contribution in [3.63, 3.8) is 0 Å². The van der Waals surface area contributed by atoms with Crippen LogP contribution >= 0.6 is 11.3 Å². The van der Waals surface area contributed by atoms with Crippen LogP contribution in [0.3, 0.4) is 0 Å². The minimum atomic E-state index is -1.26. The molecule has 0 unspecified atom stereocenters. The first-order chi connectivity index (χ1) is 24.6. The van der Waals surface area contributed by atoms with E-state index in [0.717, 1.165) is 33.4 Å². The Balaban J connectivity index is 0.00000261. The van der Waals surface area contributed by atoms with Crippen molar-refractivity contribution in [2.75, 3.05) is 5.32 Å². The van der Waals surface area contributed by atoms with Gasteiger partial charge in [-0.05, 0) is 16.7 Å². The summed E-state index contributed by atoms with van der Waals surface area (Å²) in [5, 5.41) is 20.9. The number of carboxylic acids is 1. The first-order valence-electron chi connectivity index (χ1n) is 16.2. The van der Waals surface area contributed by atoms with Gasteiger partial charge in [-0.15, -0.1) is 11.3 Å². The molecule has 0 amide bonds. The molecular formula is C43H34N3NaO3S. The third kappa shape index (κ3) is 7.16. The van der Waals surface area contributed by atoms with Gasteiger partial charge in [-0.2, -0.15) is 0 Å². The molecule has 1 aromatic heterocycles. The zero-order valence-corrected chi connectivity index (χ0v) is 30.8. The van der Waals surface area contributed by atoms with Crippen LogP contribution in [-0.2, 0) is 20.8 Å². The van der Waals surface area contributed by atoms with Crippen molar-refractivity contribution < 1.29 is 45.7 Å². The number of rotatable bonds is 12. The maximum Gasteiger partial charge on any atom is 1.00 e. The molecule has 7 rings (SSSR count).